The van der Waals surface area contributed by atoms with Gasteiger partial charge < -0.3 is 16.0 Å². The highest BCUT2D eigenvalue weighted by Crippen LogP contribution is 2.28. The lowest BCUT2D eigenvalue weighted by atomic mass is 9.95. The van der Waals surface area contributed by atoms with E-state index >= 15 is 0 Å². The normalized spacial score (nSPS) is 22.6. The number of nitrogens with one attached hydrogen (secondary N) is 3. The van der Waals surface area contributed by atoms with E-state index in [1.54, 1.807) is 7.05 Å². The molecule has 3 N–H and O–H groups in total. The fraction of sp³-hybridized carbons (Fsp3) is 0.882. The van der Waals surface area contributed by atoms with Gasteiger partial charge in [0, 0.05) is 36.8 Å². The summed E-state index contributed by atoms with van der Waals surface area (Å²) in [5.74, 6) is 2.11. The SMILES string of the molecule is CCSC1CCCC(NC(=NC)NCCNC(=O)C(C)(C)C)C1. The summed E-state index contributed by atoms with van der Waals surface area (Å²) in [7, 11) is 1.80. The number of carbonyl (C=O) groups is 1. The van der Waals surface area contributed by atoms with Crippen molar-refractivity contribution in [1.29, 1.82) is 0 Å². The molecular weight excluding hydrogens is 308 g/mol. The number of nitrogens with zero attached hydrogens (tertiary/aromatic N) is 1. The standard InChI is InChI=1S/C17H34N4OS/c1-6-23-14-9-7-8-13(12-14)21-16(18-5)20-11-10-19-15(22)17(2,3)4/h13-14H,6-12H2,1-5H3,(H,19,22)(H2,18,20,21). The molecule has 2 atom stereocenters. The van der Waals surface area contributed by atoms with Gasteiger partial charge in [-0.05, 0) is 25.0 Å². The minimum absolute atomic E-state index is 0.0777. The Kier molecular flexibility index (Phi) is 8.81. The molecule has 1 amide bonds. The Balaban J connectivity index is 2.28. The predicted molar refractivity (Wildman–Crippen MR) is 101 cm³/mol. The Hall–Kier alpha value is -0.910. The lowest BCUT2D eigenvalue weighted by Crippen LogP contribution is -2.48. The fourth-order valence-corrected chi connectivity index (χ4v) is 3.85. The Bertz CT molecular complexity index is 391. The van der Waals surface area contributed by atoms with Crippen molar-refractivity contribution < 1.29 is 4.79 Å². The number of amides is 1. The van der Waals surface area contributed by atoms with Crippen molar-refractivity contribution in [1.82, 2.24) is 16.0 Å². The summed E-state index contributed by atoms with van der Waals surface area (Å²) in [6.45, 7) is 9.28. The summed E-state index contributed by atoms with van der Waals surface area (Å²) in [4.78, 5) is 16.1. The molecule has 0 aromatic heterocycles. The molecule has 0 heterocycles. The van der Waals surface area contributed by atoms with E-state index < -0.39 is 0 Å². The number of rotatable bonds is 6. The number of guanidine groups is 1. The smallest absolute Gasteiger partial charge is 0.225 e. The van der Waals surface area contributed by atoms with E-state index in [0.717, 1.165) is 11.2 Å². The highest BCUT2D eigenvalue weighted by molar-refractivity contribution is 7.99. The van der Waals surface area contributed by atoms with Crippen LogP contribution < -0.4 is 16.0 Å². The molecule has 1 aliphatic rings. The van der Waals surface area contributed by atoms with Crippen LogP contribution in [-0.2, 0) is 4.79 Å². The predicted octanol–water partition coefficient (Wildman–Crippen LogP) is 2.38. The fourth-order valence-electron chi connectivity index (χ4n) is 2.67. The Morgan fingerprint density at radius 3 is 2.52 bits per heavy atom. The maximum absolute atomic E-state index is 11.8. The minimum atomic E-state index is -0.339. The van der Waals surface area contributed by atoms with Crippen LogP contribution in [0.3, 0.4) is 0 Å². The van der Waals surface area contributed by atoms with Crippen LogP contribution in [0.2, 0.25) is 0 Å². The zero-order valence-corrected chi connectivity index (χ0v) is 16.2. The molecule has 0 radical (unpaired) electrons. The van der Waals surface area contributed by atoms with Gasteiger partial charge in [0.25, 0.3) is 0 Å². The summed E-state index contributed by atoms with van der Waals surface area (Å²) < 4.78 is 0. The van der Waals surface area contributed by atoms with Gasteiger partial charge in [0.2, 0.25) is 5.91 Å². The molecule has 2 unspecified atom stereocenters. The quantitative estimate of drug-likeness (QED) is 0.394. The lowest BCUT2D eigenvalue weighted by molar-refractivity contribution is -0.128. The van der Waals surface area contributed by atoms with Crippen LogP contribution in [0.5, 0.6) is 0 Å². The van der Waals surface area contributed by atoms with Gasteiger partial charge in [-0.3, -0.25) is 9.79 Å². The third kappa shape index (κ3) is 7.95. The first kappa shape index (κ1) is 20.1. The number of hydrogen-bond donors (Lipinski definition) is 3. The molecule has 1 fully saturated rings. The molecule has 134 valence electrons. The second-order valence-electron chi connectivity index (χ2n) is 7.09. The molecule has 1 aliphatic carbocycles. The van der Waals surface area contributed by atoms with E-state index in [9.17, 15) is 4.79 Å². The van der Waals surface area contributed by atoms with Crippen LogP contribution in [0, 0.1) is 5.41 Å². The van der Waals surface area contributed by atoms with Crippen LogP contribution in [0.1, 0.15) is 53.4 Å². The Labute approximate surface area is 145 Å². The van der Waals surface area contributed by atoms with Gasteiger partial charge >= 0.3 is 0 Å². The molecule has 0 aromatic rings. The number of aliphatic imine (C=N–C) groups is 1. The van der Waals surface area contributed by atoms with Gasteiger partial charge in [-0.1, -0.05) is 34.1 Å². The number of hydrogen-bond acceptors (Lipinski definition) is 3. The van der Waals surface area contributed by atoms with E-state index in [1.165, 1.54) is 31.4 Å². The molecule has 1 saturated carbocycles. The minimum Gasteiger partial charge on any atom is -0.355 e. The largest absolute Gasteiger partial charge is 0.355 e. The second kappa shape index (κ2) is 10.1. The first-order valence-electron chi connectivity index (χ1n) is 8.74. The maximum Gasteiger partial charge on any atom is 0.225 e. The monoisotopic (exact) mass is 342 g/mol. The van der Waals surface area contributed by atoms with E-state index in [1.807, 2.05) is 20.8 Å². The molecule has 0 saturated heterocycles. The number of thioether (sulfide) groups is 1. The van der Waals surface area contributed by atoms with Gasteiger partial charge in [-0.15, -0.1) is 0 Å². The average molecular weight is 343 g/mol. The first-order chi connectivity index (χ1) is 10.9. The van der Waals surface area contributed by atoms with Gasteiger partial charge in [0.1, 0.15) is 0 Å². The molecule has 0 spiro atoms. The third-order valence-corrected chi connectivity index (χ3v) is 5.21. The van der Waals surface area contributed by atoms with Crippen LogP contribution >= 0.6 is 11.8 Å². The summed E-state index contributed by atoms with van der Waals surface area (Å²) >= 11 is 2.07. The number of carbonyl (C=O) groups excluding carboxylic acids is 1. The summed E-state index contributed by atoms with van der Waals surface area (Å²) in [6.07, 6.45) is 5.04. The van der Waals surface area contributed by atoms with Crippen molar-refractivity contribution in [3.05, 3.63) is 0 Å². The van der Waals surface area contributed by atoms with Gasteiger partial charge in [0.05, 0.1) is 0 Å². The summed E-state index contributed by atoms with van der Waals surface area (Å²) in [6, 6.07) is 0.503. The van der Waals surface area contributed by atoms with E-state index in [0.29, 0.717) is 19.1 Å². The van der Waals surface area contributed by atoms with Crippen molar-refractivity contribution in [3.63, 3.8) is 0 Å². The molecule has 1 rings (SSSR count). The molecule has 0 aliphatic heterocycles. The second-order valence-corrected chi connectivity index (χ2v) is 8.67. The summed E-state index contributed by atoms with van der Waals surface area (Å²) in [5.41, 5.74) is -0.339. The molecule has 0 bridgehead atoms. The molecule has 0 aromatic carbocycles. The van der Waals surface area contributed by atoms with Crippen molar-refractivity contribution in [2.24, 2.45) is 10.4 Å². The molecule has 5 nitrogen and oxygen atoms in total. The highest BCUT2D eigenvalue weighted by Gasteiger charge is 2.23. The third-order valence-electron chi connectivity index (χ3n) is 3.98. The van der Waals surface area contributed by atoms with Gasteiger partial charge in [0.15, 0.2) is 5.96 Å². The van der Waals surface area contributed by atoms with Crippen molar-refractivity contribution in [3.8, 4) is 0 Å². The van der Waals surface area contributed by atoms with Crippen molar-refractivity contribution >= 4 is 23.6 Å². The molecular formula is C17H34N4OS. The average Bonchev–Trinajstić information content (AvgIpc) is 2.49. The first-order valence-corrected chi connectivity index (χ1v) is 9.78. The maximum atomic E-state index is 11.8. The zero-order chi connectivity index (χ0) is 17.3. The van der Waals surface area contributed by atoms with Crippen LogP contribution in [0.25, 0.3) is 0 Å². The van der Waals surface area contributed by atoms with Gasteiger partial charge in [-0.25, -0.2) is 0 Å². The molecule has 6 heteroatoms. The van der Waals surface area contributed by atoms with Crippen molar-refractivity contribution in [2.75, 3.05) is 25.9 Å². The summed E-state index contributed by atoms with van der Waals surface area (Å²) in [5, 5.41) is 10.5. The Morgan fingerprint density at radius 2 is 1.91 bits per heavy atom. The van der Waals surface area contributed by atoms with Gasteiger partial charge in [-0.2, -0.15) is 11.8 Å². The zero-order valence-electron chi connectivity index (χ0n) is 15.4. The van der Waals surface area contributed by atoms with Crippen LogP contribution in [0.15, 0.2) is 4.99 Å². The topological polar surface area (TPSA) is 65.5 Å². The van der Waals surface area contributed by atoms with Crippen LogP contribution in [-0.4, -0.2) is 49.0 Å². The van der Waals surface area contributed by atoms with Crippen LogP contribution in [0.4, 0.5) is 0 Å². The van der Waals surface area contributed by atoms with E-state index in [-0.39, 0.29) is 11.3 Å². The Morgan fingerprint density at radius 1 is 1.22 bits per heavy atom. The highest BCUT2D eigenvalue weighted by atomic mass is 32.2. The van der Waals surface area contributed by atoms with E-state index in [2.05, 4.69) is 39.6 Å². The van der Waals surface area contributed by atoms with E-state index in [4.69, 9.17) is 0 Å². The molecule has 23 heavy (non-hydrogen) atoms. The van der Waals surface area contributed by atoms with Crippen molar-refractivity contribution in [2.45, 2.75) is 64.7 Å². The lowest BCUT2D eigenvalue weighted by Gasteiger charge is -2.30.